The van der Waals surface area contributed by atoms with Crippen LogP contribution in [0.5, 0.6) is 0 Å². The molecule has 1 aliphatic carbocycles. The van der Waals surface area contributed by atoms with Gasteiger partial charge >= 0.3 is 0 Å². The molecule has 38 heavy (non-hydrogen) atoms. The highest BCUT2D eigenvalue weighted by molar-refractivity contribution is 7.14. The fourth-order valence-electron chi connectivity index (χ4n) is 5.17. The summed E-state index contributed by atoms with van der Waals surface area (Å²) >= 11 is 13.8. The normalized spacial score (nSPS) is 19.9. The third kappa shape index (κ3) is 4.85. The van der Waals surface area contributed by atoms with E-state index in [-0.39, 0.29) is 17.6 Å². The van der Waals surface area contributed by atoms with E-state index in [1.807, 2.05) is 46.8 Å². The lowest BCUT2D eigenvalue weighted by Gasteiger charge is -2.29. The number of hydrogen-bond donors (Lipinski definition) is 0. The van der Waals surface area contributed by atoms with Gasteiger partial charge in [-0.15, -0.1) is 11.3 Å². The second kappa shape index (κ2) is 10.3. The number of halogens is 2. The van der Waals surface area contributed by atoms with Crippen LogP contribution >= 0.6 is 34.5 Å². The number of thiazole rings is 1. The molecule has 0 bridgehead atoms. The molecule has 2 atom stereocenters. The second-order valence-corrected chi connectivity index (χ2v) is 11.1. The first-order valence-corrected chi connectivity index (χ1v) is 13.9. The van der Waals surface area contributed by atoms with Crippen molar-refractivity contribution in [2.75, 3.05) is 5.01 Å². The maximum Gasteiger partial charge on any atom is 0.269 e. The standard InChI is InChI=1S/C29H22Cl2N4O2S/c30-22-10-4-18(5-11-22)16-21-2-1-3-25-27(21)33-34(28(25)20-6-12-23(31)13-7-20)29-32-26(17-38-29)19-8-14-24(15-9-19)35(36)37/h4-17,25,28H,1-3H2/b21-16-. The summed E-state index contributed by atoms with van der Waals surface area (Å²) in [6.07, 6.45) is 5.28. The molecule has 190 valence electrons. The first-order valence-electron chi connectivity index (χ1n) is 12.3. The fourth-order valence-corrected chi connectivity index (χ4v) is 6.24. The van der Waals surface area contributed by atoms with Crippen molar-refractivity contribution in [1.82, 2.24) is 4.98 Å². The zero-order chi connectivity index (χ0) is 26.2. The quantitative estimate of drug-likeness (QED) is 0.180. The van der Waals surface area contributed by atoms with E-state index in [9.17, 15) is 10.1 Å². The lowest BCUT2D eigenvalue weighted by atomic mass is 9.77. The van der Waals surface area contributed by atoms with Gasteiger partial charge in [-0.25, -0.2) is 9.99 Å². The molecule has 1 fully saturated rings. The number of hydrogen-bond acceptors (Lipinski definition) is 6. The van der Waals surface area contributed by atoms with Gasteiger partial charge in [0.15, 0.2) is 0 Å². The van der Waals surface area contributed by atoms with E-state index in [2.05, 4.69) is 18.2 Å². The molecule has 3 aromatic carbocycles. The van der Waals surface area contributed by atoms with Crippen LogP contribution in [0.3, 0.4) is 0 Å². The molecule has 1 aliphatic heterocycles. The average Bonchev–Trinajstić information content (AvgIpc) is 3.57. The molecule has 0 saturated heterocycles. The minimum Gasteiger partial charge on any atom is -0.258 e. The van der Waals surface area contributed by atoms with Crippen LogP contribution in [0.1, 0.15) is 36.4 Å². The molecule has 6 rings (SSSR count). The third-order valence-corrected chi connectivity index (χ3v) is 8.32. The largest absolute Gasteiger partial charge is 0.269 e. The fraction of sp³-hybridized carbons (Fsp3) is 0.172. The van der Waals surface area contributed by atoms with Gasteiger partial charge in [0.2, 0.25) is 5.13 Å². The van der Waals surface area contributed by atoms with E-state index >= 15 is 0 Å². The zero-order valence-electron chi connectivity index (χ0n) is 20.1. The molecule has 9 heteroatoms. The molecule has 0 radical (unpaired) electrons. The zero-order valence-corrected chi connectivity index (χ0v) is 22.5. The number of nitro groups is 1. The maximum atomic E-state index is 11.1. The van der Waals surface area contributed by atoms with E-state index < -0.39 is 4.92 Å². The van der Waals surface area contributed by atoms with Gasteiger partial charge in [-0.3, -0.25) is 10.1 Å². The Morgan fingerprint density at radius 2 is 1.66 bits per heavy atom. The summed E-state index contributed by atoms with van der Waals surface area (Å²) in [5.41, 5.74) is 6.22. The van der Waals surface area contributed by atoms with Gasteiger partial charge in [0, 0.05) is 39.0 Å². The Bertz CT molecular complexity index is 1550. The molecular formula is C29H22Cl2N4O2S. The Hall–Kier alpha value is -3.52. The molecule has 0 amide bonds. The minimum absolute atomic E-state index is 0.00737. The number of non-ortho nitro benzene ring substituents is 1. The van der Waals surface area contributed by atoms with E-state index in [1.165, 1.54) is 29.0 Å². The van der Waals surface area contributed by atoms with Gasteiger partial charge < -0.3 is 0 Å². The number of aromatic nitrogens is 1. The van der Waals surface area contributed by atoms with Gasteiger partial charge in [0.1, 0.15) is 0 Å². The molecule has 1 aromatic heterocycles. The van der Waals surface area contributed by atoms with Gasteiger partial charge in [-0.1, -0.05) is 47.5 Å². The van der Waals surface area contributed by atoms with Crippen LogP contribution in [-0.2, 0) is 0 Å². The summed E-state index contributed by atoms with van der Waals surface area (Å²) in [5, 5.41) is 22.4. The Morgan fingerprint density at radius 3 is 2.34 bits per heavy atom. The van der Waals surface area contributed by atoms with Crippen LogP contribution in [0.25, 0.3) is 17.3 Å². The van der Waals surface area contributed by atoms with Gasteiger partial charge in [-0.05, 0) is 78.4 Å². The van der Waals surface area contributed by atoms with Crippen molar-refractivity contribution in [3.8, 4) is 11.3 Å². The predicted octanol–water partition coefficient (Wildman–Crippen LogP) is 8.83. The van der Waals surface area contributed by atoms with E-state index in [0.717, 1.165) is 52.5 Å². The van der Waals surface area contributed by atoms with E-state index in [1.54, 1.807) is 12.1 Å². The van der Waals surface area contributed by atoms with E-state index in [4.69, 9.17) is 33.3 Å². The highest BCUT2D eigenvalue weighted by Gasteiger charge is 2.42. The predicted molar refractivity (Wildman–Crippen MR) is 155 cm³/mol. The summed E-state index contributed by atoms with van der Waals surface area (Å²) < 4.78 is 0. The van der Waals surface area contributed by atoms with Crippen molar-refractivity contribution < 1.29 is 4.92 Å². The Labute approximate surface area is 234 Å². The summed E-state index contributed by atoms with van der Waals surface area (Å²) in [7, 11) is 0. The maximum absolute atomic E-state index is 11.1. The van der Waals surface area contributed by atoms with Gasteiger partial charge in [0.05, 0.1) is 22.4 Å². The highest BCUT2D eigenvalue weighted by Crippen LogP contribution is 2.47. The van der Waals surface area contributed by atoms with Crippen LogP contribution in [0, 0.1) is 16.0 Å². The summed E-state index contributed by atoms with van der Waals surface area (Å²) in [6.45, 7) is 0. The van der Waals surface area contributed by atoms with Crippen LogP contribution < -0.4 is 5.01 Å². The number of fused-ring (bicyclic) bond motifs is 1. The minimum atomic E-state index is -0.399. The Balaban J connectivity index is 1.39. The molecule has 6 nitrogen and oxygen atoms in total. The average molecular weight is 561 g/mol. The van der Waals surface area contributed by atoms with Crippen LogP contribution in [0.15, 0.2) is 88.9 Å². The Kier molecular flexibility index (Phi) is 6.74. The smallest absolute Gasteiger partial charge is 0.258 e. The van der Waals surface area contributed by atoms with Crippen LogP contribution in [0.2, 0.25) is 10.0 Å². The number of hydrazone groups is 1. The monoisotopic (exact) mass is 560 g/mol. The molecule has 2 aliphatic rings. The lowest BCUT2D eigenvalue weighted by molar-refractivity contribution is -0.384. The van der Waals surface area contributed by atoms with Gasteiger partial charge in [0.25, 0.3) is 5.69 Å². The second-order valence-electron chi connectivity index (χ2n) is 9.37. The van der Waals surface area contributed by atoms with Crippen molar-refractivity contribution in [3.63, 3.8) is 0 Å². The number of allylic oxidation sites excluding steroid dienone is 1. The summed E-state index contributed by atoms with van der Waals surface area (Å²) in [6, 6.07) is 22.3. The molecule has 1 saturated carbocycles. The topological polar surface area (TPSA) is 71.6 Å². The SMILES string of the molecule is O=[N+]([O-])c1ccc(-c2csc(N3N=C4/C(=C\c5ccc(Cl)cc5)CCCC4C3c3ccc(Cl)cc3)n2)cc1. The van der Waals surface area contributed by atoms with Crippen LogP contribution in [-0.4, -0.2) is 15.6 Å². The molecule has 0 spiro atoms. The lowest BCUT2D eigenvalue weighted by Crippen LogP contribution is -2.28. The highest BCUT2D eigenvalue weighted by atomic mass is 35.5. The molecule has 2 heterocycles. The number of rotatable bonds is 5. The molecule has 4 aromatic rings. The van der Waals surface area contributed by atoms with Gasteiger partial charge in [-0.2, -0.15) is 5.10 Å². The van der Waals surface area contributed by atoms with Crippen molar-refractivity contribution in [2.45, 2.75) is 25.3 Å². The summed E-state index contributed by atoms with van der Waals surface area (Å²) in [4.78, 5) is 15.6. The number of anilines is 1. The number of nitro benzene ring substituents is 1. The summed E-state index contributed by atoms with van der Waals surface area (Å²) in [5.74, 6) is 0.218. The first-order chi connectivity index (χ1) is 18.5. The number of benzene rings is 3. The van der Waals surface area contributed by atoms with Crippen molar-refractivity contribution in [2.24, 2.45) is 11.0 Å². The third-order valence-electron chi connectivity index (χ3n) is 6.99. The molecular weight excluding hydrogens is 539 g/mol. The molecule has 0 N–H and O–H groups in total. The Morgan fingerprint density at radius 1 is 0.974 bits per heavy atom. The van der Waals surface area contributed by atoms with Crippen LogP contribution in [0.4, 0.5) is 10.8 Å². The first kappa shape index (κ1) is 24.8. The van der Waals surface area contributed by atoms with E-state index in [0.29, 0.717) is 10.0 Å². The van der Waals surface area contributed by atoms with Crippen molar-refractivity contribution in [1.29, 1.82) is 0 Å². The van der Waals surface area contributed by atoms with Crippen molar-refractivity contribution in [3.05, 3.63) is 115 Å². The molecule has 2 unspecified atom stereocenters. The van der Waals surface area contributed by atoms with Crippen molar-refractivity contribution >= 4 is 57.1 Å². The number of nitrogens with zero attached hydrogens (tertiary/aromatic N) is 4.